The number of rotatable bonds is 5. The van der Waals surface area contributed by atoms with E-state index in [2.05, 4.69) is 22.4 Å². The largest absolute Gasteiger partial charge is 0.378 e. The highest BCUT2D eigenvalue weighted by Gasteiger charge is 2.29. The molecule has 9 heteroatoms. The highest BCUT2D eigenvalue weighted by Crippen LogP contribution is 2.27. The van der Waals surface area contributed by atoms with Crippen LogP contribution in [0.4, 0.5) is 11.4 Å². The summed E-state index contributed by atoms with van der Waals surface area (Å²) in [7, 11) is 0. The number of non-ortho nitro benzene ring substituents is 1. The molecule has 1 amide bonds. The third kappa shape index (κ3) is 4.58. The molecule has 29 heavy (non-hydrogen) atoms. The summed E-state index contributed by atoms with van der Waals surface area (Å²) in [6.07, 6.45) is 0. The second kappa shape index (κ2) is 8.89. The van der Waals surface area contributed by atoms with Crippen molar-refractivity contribution in [2.45, 2.75) is 6.54 Å². The Morgan fingerprint density at radius 1 is 1.17 bits per heavy atom. The molecule has 0 aliphatic carbocycles. The minimum atomic E-state index is -0.441. The summed E-state index contributed by atoms with van der Waals surface area (Å²) in [5.74, 6) is -0.120. The van der Waals surface area contributed by atoms with Crippen molar-refractivity contribution in [1.82, 2.24) is 4.90 Å². The van der Waals surface area contributed by atoms with Crippen molar-refractivity contribution in [3.8, 4) is 0 Å². The molecule has 4 rings (SSSR count). The Balaban J connectivity index is 1.49. The molecule has 154 valence electrons. The van der Waals surface area contributed by atoms with Gasteiger partial charge < -0.3 is 19.4 Å². The summed E-state index contributed by atoms with van der Waals surface area (Å²) in [5, 5.41) is 13.4. The Morgan fingerprint density at radius 2 is 1.93 bits per heavy atom. The van der Waals surface area contributed by atoms with E-state index >= 15 is 0 Å². The number of nitrogens with zero attached hydrogens (tertiary/aromatic N) is 3. The lowest BCUT2D eigenvalue weighted by Gasteiger charge is -2.34. The first-order chi connectivity index (χ1) is 14.1. The Hall–Kier alpha value is -2.49. The first kappa shape index (κ1) is 19.8. The number of amides is 1. The van der Waals surface area contributed by atoms with Crippen LogP contribution < -0.4 is 9.80 Å². The molecule has 1 N–H and O–H groups in total. The van der Waals surface area contributed by atoms with Gasteiger partial charge in [-0.05, 0) is 17.5 Å². The summed E-state index contributed by atoms with van der Waals surface area (Å²) in [5.41, 5.74) is 1.13. The number of thiophene rings is 1. The Bertz CT molecular complexity index is 859. The zero-order valence-electron chi connectivity index (χ0n) is 16.2. The molecule has 2 aromatic rings. The second-order valence-electron chi connectivity index (χ2n) is 7.36. The molecule has 2 aliphatic heterocycles. The number of anilines is 1. The standard InChI is InChI=1S/C20H24N4O4S/c25-20(23-7-5-21(6-8-23)15-17-2-1-13-29-17)18-14-16(24(26)27)3-4-19(18)22-9-11-28-12-10-22/h1-4,13-14H,5-12,15H2/p+1. The lowest BCUT2D eigenvalue weighted by molar-refractivity contribution is -0.917. The molecule has 1 aromatic heterocycles. The predicted molar refractivity (Wildman–Crippen MR) is 111 cm³/mol. The van der Waals surface area contributed by atoms with Gasteiger partial charge in [-0.25, -0.2) is 0 Å². The fraction of sp³-hybridized carbons (Fsp3) is 0.450. The number of morpholine rings is 1. The molecule has 2 fully saturated rings. The normalized spacial score (nSPS) is 18.1. The monoisotopic (exact) mass is 417 g/mol. The van der Waals surface area contributed by atoms with Crippen molar-refractivity contribution in [1.29, 1.82) is 0 Å². The van der Waals surface area contributed by atoms with Crippen LogP contribution in [0.2, 0.25) is 0 Å². The molecule has 0 spiro atoms. The van der Waals surface area contributed by atoms with E-state index < -0.39 is 4.92 Å². The van der Waals surface area contributed by atoms with Crippen LogP contribution in [0, 0.1) is 10.1 Å². The number of carbonyl (C=O) groups excluding carboxylic acids is 1. The fourth-order valence-electron chi connectivity index (χ4n) is 3.92. The quantitative estimate of drug-likeness (QED) is 0.581. The van der Waals surface area contributed by atoms with E-state index in [9.17, 15) is 14.9 Å². The number of benzene rings is 1. The summed E-state index contributed by atoms with van der Waals surface area (Å²) in [6.45, 7) is 6.60. The van der Waals surface area contributed by atoms with Crippen LogP contribution in [0.25, 0.3) is 0 Å². The van der Waals surface area contributed by atoms with Crippen LogP contribution >= 0.6 is 11.3 Å². The van der Waals surface area contributed by atoms with Crippen molar-refractivity contribution < 1.29 is 19.4 Å². The maximum absolute atomic E-state index is 13.3. The average molecular weight is 418 g/mol. The van der Waals surface area contributed by atoms with Crippen molar-refractivity contribution in [3.05, 3.63) is 56.3 Å². The lowest BCUT2D eigenvalue weighted by Crippen LogP contribution is -3.13. The minimum Gasteiger partial charge on any atom is -0.378 e. The molecule has 1 aromatic carbocycles. The molecule has 0 radical (unpaired) electrons. The van der Waals surface area contributed by atoms with Crippen LogP contribution in [0.1, 0.15) is 15.2 Å². The lowest BCUT2D eigenvalue weighted by atomic mass is 10.1. The number of quaternary nitrogens is 1. The van der Waals surface area contributed by atoms with Gasteiger partial charge in [-0.15, -0.1) is 11.3 Å². The summed E-state index contributed by atoms with van der Waals surface area (Å²) < 4.78 is 5.41. The van der Waals surface area contributed by atoms with Crippen molar-refractivity contribution in [2.24, 2.45) is 0 Å². The van der Waals surface area contributed by atoms with Gasteiger partial charge in [-0.2, -0.15) is 0 Å². The van der Waals surface area contributed by atoms with Crippen molar-refractivity contribution in [3.63, 3.8) is 0 Å². The molecule has 3 heterocycles. The number of nitrogens with one attached hydrogen (secondary N) is 1. The van der Waals surface area contributed by atoms with E-state index in [1.54, 1.807) is 17.4 Å². The smallest absolute Gasteiger partial charge is 0.270 e. The number of carbonyl (C=O) groups is 1. The second-order valence-corrected chi connectivity index (χ2v) is 8.39. The van der Waals surface area contributed by atoms with Gasteiger partial charge in [0.25, 0.3) is 11.6 Å². The van der Waals surface area contributed by atoms with E-state index in [-0.39, 0.29) is 11.6 Å². The van der Waals surface area contributed by atoms with Gasteiger partial charge in [0.05, 0.1) is 60.4 Å². The van der Waals surface area contributed by atoms with Gasteiger partial charge in [-0.1, -0.05) is 6.07 Å². The third-order valence-corrected chi connectivity index (χ3v) is 6.41. The molecular weight excluding hydrogens is 392 g/mol. The SMILES string of the molecule is O=C(c1cc([N+](=O)[O-])ccc1N1CCOCC1)N1CC[NH+](Cc2cccs2)CC1. The Labute approximate surface area is 173 Å². The first-order valence-corrected chi connectivity index (χ1v) is 10.8. The third-order valence-electron chi connectivity index (χ3n) is 5.54. The molecule has 8 nitrogen and oxygen atoms in total. The average Bonchev–Trinajstić information content (AvgIpc) is 3.27. The molecule has 0 saturated carbocycles. The van der Waals surface area contributed by atoms with E-state index in [1.807, 2.05) is 4.90 Å². The molecule has 0 bridgehead atoms. The summed E-state index contributed by atoms with van der Waals surface area (Å²) >= 11 is 1.76. The number of nitro benzene ring substituents is 1. The predicted octanol–water partition coefficient (Wildman–Crippen LogP) is 1.03. The molecule has 2 saturated heterocycles. The van der Waals surface area contributed by atoms with Crippen molar-refractivity contribution in [2.75, 3.05) is 57.4 Å². The van der Waals surface area contributed by atoms with Crippen LogP contribution in [0.5, 0.6) is 0 Å². The number of ether oxygens (including phenoxy) is 1. The number of hydrogen-bond acceptors (Lipinski definition) is 6. The van der Waals surface area contributed by atoms with E-state index in [0.29, 0.717) is 45.0 Å². The Morgan fingerprint density at radius 3 is 2.59 bits per heavy atom. The molecule has 0 unspecified atom stereocenters. The highest BCUT2D eigenvalue weighted by molar-refractivity contribution is 7.09. The fourth-order valence-corrected chi connectivity index (χ4v) is 4.70. The van der Waals surface area contributed by atoms with Crippen molar-refractivity contribution >= 4 is 28.6 Å². The molecular formula is C20H25N4O4S+. The zero-order chi connectivity index (χ0) is 20.2. The van der Waals surface area contributed by atoms with Crippen LogP contribution in [-0.2, 0) is 11.3 Å². The number of piperazine rings is 1. The number of hydrogen-bond donors (Lipinski definition) is 1. The first-order valence-electron chi connectivity index (χ1n) is 9.88. The number of nitro groups is 1. The van der Waals surface area contributed by atoms with Gasteiger partial charge >= 0.3 is 0 Å². The Kier molecular flexibility index (Phi) is 6.08. The maximum Gasteiger partial charge on any atom is 0.270 e. The van der Waals surface area contributed by atoms with Gasteiger partial charge in [0.15, 0.2) is 0 Å². The summed E-state index contributed by atoms with van der Waals surface area (Å²) in [4.78, 5) is 30.9. The maximum atomic E-state index is 13.3. The van der Waals surface area contributed by atoms with E-state index in [1.165, 1.54) is 21.9 Å². The minimum absolute atomic E-state index is 0.0488. The topological polar surface area (TPSA) is 80.4 Å². The summed E-state index contributed by atoms with van der Waals surface area (Å²) in [6, 6.07) is 8.82. The van der Waals surface area contributed by atoms with E-state index in [0.717, 1.165) is 25.3 Å². The van der Waals surface area contributed by atoms with Gasteiger partial charge in [-0.3, -0.25) is 14.9 Å². The molecule has 2 aliphatic rings. The zero-order valence-corrected chi connectivity index (χ0v) is 17.0. The highest BCUT2D eigenvalue weighted by atomic mass is 32.1. The van der Waals surface area contributed by atoms with Gasteiger partial charge in [0.1, 0.15) is 6.54 Å². The molecule has 0 atom stereocenters. The van der Waals surface area contributed by atoms with Gasteiger partial charge in [0, 0.05) is 25.2 Å². The van der Waals surface area contributed by atoms with Gasteiger partial charge in [0.2, 0.25) is 0 Å². The van der Waals surface area contributed by atoms with Crippen LogP contribution in [-0.4, -0.2) is 68.2 Å². The van der Waals surface area contributed by atoms with Crippen LogP contribution in [0.15, 0.2) is 35.7 Å². The van der Waals surface area contributed by atoms with Crippen LogP contribution in [0.3, 0.4) is 0 Å². The van der Waals surface area contributed by atoms with E-state index in [4.69, 9.17) is 4.74 Å².